The van der Waals surface area contributed by atoms with Gasteiger partial charge in [0.15, 0.2) is 0 Å². The lowest BCUT2D eigenvalue weighted by Gasteiger charge is -2.10. The van der Waals surface area contributed by atoms with Crippen LogP contribution >= 0.6 is 15.9 Å². The lowest BCUT2D eigenvalue weighted by molar-refractivity contribution is 0.456. The minimum Gasteiger partial charge on any atom is -0.506 e. The first-order valence-electron chi connectivity index (χ1n) is 4.94. The minimum absolute atomic E-state index is 0.402. The molecule has 2 N–H and O–H groups in total. The quantitative estimate of drug-likeness (QED) is 0.851. The van der Waals surface area contributed by atoms with E-state index in [0.717, 1.165) is 29.5 Å². The second kappa shape index (κ2) is 4.32. The Morgan fingerprint density at radius 3 is 3.07 bits per heavy atom. The fourth-order valence-corrected chi connectivity index (χ4v) is 2.33. The molecular formula is C11H14BrNO. The standard InChI is InChI=1S/C11H14BrNO/c12-10-3-1-2-9(11(10)14)6-8-4-5-13-7-8/h1-3,8,13-14H,4-7H2. The van der Waals surface area contributed by atoms with Gasteiger partial charge in [-0.1, -0.05) is 12.1 Å². The normalized spacial score (nSPS) is 21.4. The van der Waals surface area contributed by atoms with Crippen LogP contribution in [0.15, 0.2) is 22.7 Å². The average molecular weight is 256 g/mol. The summed E-state index contributed by atoms with van der Waals surface area (Å²) in [6.07, 6.45) is 2.18. The molecule has 1 aliphatic heterocycles. The summed E-state index contributed by atoms with van der Waals surface area (Å²) in [5.74, 6) is 1.08. The predicted octanol–water partition coefficient (Wildman–Crippen LogP) is 2.31. The van der Waals surface area contributed by atoms with E-state index in [9.17, 15) is 5.11 Å². The highest BCUT2D eigenvalue weighted by atomic mass is 79.9. The van der Waals surface area contributed by atoms with E-state index in [1.54, 1.807) is 0 Å². The number of phenolic OH excluding ortho intramolecular Hbond substituents is 1. The molecule has 14 heavy (non-hydrogen) atoms. The molecule has 0 saturated carbocycles. The van der Waals surface area contributed by atoms with Crippen molar-refractivity contribution in [1.82, 2.24) is 5.32 Å². The Morgan fingerprint density at radius 1 is 1.50 bits per heavy atom. The predicted molar refractivity (Wildman–Crippen MR) is 60.5 cm³/mol. The molecule has 0 aliphatic carbocycles. The molecule has 1 fully saturated rings. The van der Waals surface area contributed by atoms with Gasteiger partial charge < -0.3 is 10.4 Å². The SMILES string of the molecule is Oc1c(Br)cccc1CC1CCNC1. The molecule has 1 aromatic rings. The fourth-order valence-electron chi connectivity index (χ4n) is 1.92. The highest BCUT2D eigenvalue weighted by molar-refractivity contribution is 9.10. The Hall–Kier alpha value is -0.540. The summed E-state index contributed by atoms with van der Waals surface area (Å²) in [5.41, 5.74) is 1.05. The van der Waals surface area contributed by atoms with Gasteiger partial charge in [-0.05, 0) is 59.4 Å². The van der Waals surface area contributed by atoms with E-state index in [-0.39, 0.29) is 0 Å². The Bertz CT molecular complexity index is 321. The van der Waals surface area contributed by atoms with Crippen LogP contribution in [0.5, 0.6) is 5.75 Å². The van der Waals surface area contributed by atoms with Crippen molar-refractivity contribution < 1.29 is 5.11 Å². The molecule has 2 rings (SSSR count). The number of phenols is 1. The molecule has 1 aliphatic rings. The molecule has 0 aromatic heterocycles. The number of hydrogen-bond acceptors (Lipinski definition) is 2. The Labute approximate surface area is 92.5 Å². The molecule has 0 spiro atoms. The summed E-state index contributed by atoms with van der Waals surface area (Å²) in [5, 5.41) is 13.1. The Morgan fingerprint density at radius 2 is 2.36 bits per heavy atom. The van der Waals surface area contributed by atoms with Gasteiger partial charge in [-0.2, -0.15) is 0 Å². The molecule has 3 heteroatoms. The molecule has 0 bridgehead atoms. The van der Waals surface area contributed by atoms with Crippen molar-refractivity contribution in [3.8, 4) is 5.75 Å². The van der Waals surface area contributed by atoms with Crippen LogP contribution in [0.2, 0.25) is 0 Å². The summed E-state index contributed by atoms with van der Waals surface area (Å²) in [7, 11) is 0. The maximum atomic E-state index is 9.79. The van der Waals surface area contributed by atoms with Crippen molar-refractivity contribution >= 4 is 15.9 Å². The summed E-state index contributed by atoms with van der Waals surface area (Å²) in [6, 6.07) is 5.84. The monoisotopic (exact) mass is 255 g/mol. The summed E-state index contributed by atoms with van der Waals surface area (Å²) >= 11 is 3.33. The van der Waals surface area contributed by atoms with E-state index < -0.39 is 0 Å². The zero-order valence-electron chi connectivity index (χ0n) is 7.96. The van der Waals surface area contributed by atoms with Gasteiger partial charge in [0.25, 0.3) is 0 Å². The van der Waals surface area contributed by atoms with Gasteiger partial charge >= 0.3 is 0 Å². The molecule has 0 amide bonds. The molecule has 1 unspecified atom stereocenters. The number of hydrogen-bond donors (Lipinski definition) is 2. The van der Waals surface area contributed by atoms with Crippen LogP contribution in [0, 0.1) is 5.92 Å². The third-order valence-electron chi connectivity index (χ3n) is 2.74. The smallest absolute Gasteiger partial charge is 0.132 e. The van der Waals surface area contributed by atoms with Crippen LogP contribution in [0.4, 0.5) is 0 Å². The summed E-state index contributed by atoms with van der Waals surface area (Å²) < 4.78 is 0.793. The summed E-state index contributed by atoms with van der Waals surface area (Å²) in [6.45, 7) is 2.19. The zero-order chi connectivity index (χ0) is 9.97. The van der Waals surface area contributed by atoms with Gasteiger partial charge in [0.2, 0.25) is 0 Å². The first-order chi connectivity index (χ1) is 6.77. The second-order valence-electron chi connectivity index (χ2n) is 3.81. The molecule has 76 valence electrons. The van der Waals surface area contributed by atoms with Gasteiger partial charge in [0.1, 0.15) is 5.75 Å². The van der Waals surface area contributed by atoms with Gasteiger partial charge in [0.05, 0.1) is 4.47 Å². The van der Waals surface area contributed by atoms with E-state index in [1.165, 1.54) is 6.42 Å². The van der Waals surface area contributed by atoms with E-state index >= 15 is 0 Å². The molecule has 1 aromatic carbocycles. The molecule has 1 saturated heterocycles. The van der Waals surface area contributed by atoms with Crippen molar-refractivity contribution in [3.05, 3.63) is 28.2 Å². The topological polar surface area (TPSA) is 32.3 Å². The third kappa shape index (κ3) is 2.10. The minimum atomic E-state index is 0.402. The molecule has 0 radical (unpaired) electrons. The average Bonchev–Trinajstić information content (AvgIpc) is 2.66. The highest BCUT2D eigenvalue weighted by Crippen LogP contribution is 2.30. The Kier molecular flexibility index (Phi) is 3.08. The lowest BCUT2D eigenvalue weighted by Crippen LogP contribution is -2.10. The van der Waals surface area contributed by atoms with Gasteiger partial charge in [-0.25, -0.2) is 0 Å². The zero-order valence-corrected chi connectivity index (χ0v) is 9.55. The molecule has 1 heterocycles. The van der Waals surface area contributed by atoms with Crippen LogP contribution < -0.4 is 5.32 Å². The van der Waals surface area contributed by atoms with Crippen LogP contribution in [-0.4, -0.2) is 18.2 Å². The maximum Gasteiger partial charge on any atom is 0.132 e. The van der Waals surface area contributed by atoms with Gasteiger partial charge in [-0.15, -0.1) is 0 Å². The number of nitrogens with one attached hydrogen (secondary N) is 1. The first kappa shape index (κ1) is 9.99. The van der Waals surface area contributed by atoms with Crippen molar-refractivity contribution in [1.29, 1.82) is 0 Å². The van der Waals surface area contributed by atoms with E-state index in [2.05, 4.69) is 21.2 Å². The van der Waals surface area contributed by atoms with Crippen LogP contribution in [0.3, 0.4) is 0 Å². The van der Waals surface area contributed by atoms with Crippen molar-refractivity contribution in [2.75, 3.05) is 13.1 Å². The largest absolute Gasteiger partial charge is 0.506 e. The Balaban J connectivity index is 2.11. The van der Waals surface area contributed by atoms with E-state index in [4.69, 9.17) is 0 Å². The number of halogens is 1. The van der Waals surface area contributed by atoms with E-state index in [0.29, 0.717) is 11.7 Å². The molecular weight excluding hydrogens is 242 g/mol. The fraction of sp³-hybridized carbons (Fsp3) is 0.455. The summed E-state index contributed by atoms with van der Waals surface area (Å²) in [4.78, 5) is 0. The van der Waals surface area contributed by atoms with Crippen LogP contribution in [0.25, 0.3) is 0 Å². The number of para-hydroxylation sites is 1. The van der Waals surface area contributed by atoms with Crippen LogP contribution in [-0.2, 0) is 6.42 Å². The third-order valence-corrected chi connectivity index (χ3v) is 3.38. The van der Waals surface area contributed by atoms with Gasteiger partial charge in [0, 0.05) is 0 Å². The van der Waals surface area contributed by atoms with Crippen molar-refractivity contribution in [3.63, 3.8) is 0 Å². The highest BCUT2D eigenvalue weighted by Gasteiger charge is 2.16. The van der Waals surface area contributed by atoms with Crippen molar-refractivity contribution in [2.45, 2.75) is 12.8 Å². The van der Waals surface area contributed by atoms with Crippen LogP contribution in [0.1, 0.15) is 12.0 Å². The molecule has 2 nitrogen and oxygen atoms in total. The van der Waals surface area contributed by atoms with Crippen molar-refractivity contribution in [2.24, 2.45) is 5.92 Å². The maximum absolute atomic E-state index is 9.79. The lowest BCUT2D eigenvalue weighted by atomic mass is 9.98. The number of benzene rings is 1. The molecule has 1 atom stereocenters. The number of rotatable bonds is 2. The second-order valence-corrected chi connectivity index (χ2v) is 4.66. The first-order valence-corrected chi connectivity index (χ1v) is 5.74. The van der Waals surface area contributed by atoms with E-state index in [1.807, 2.05) is 18.2 Å². The van der Waals surface area contributed by atoms with Gasteiger partial charge in [-0.3, -0.25) is 0 Å². The number of aromatic hydroxyl groups is 1.